The van der Waals surface area contributed by atoms with Gasteiger partial charge in [-0.2, -0.15) is 5.26 Å². The van der Waals surface area contributed by atoms with Gasteiger partial charge in [-0.3, -0.25) is 0 Å². The van der Waals surface area contributed by atoms with E-state index < -0.39 is 11.6 Å². The van der Waals surface area contributed by atoms with Crippen molar-refractivity contribution in [2.45, 2.75) is 0 Å². The number of hydrogen-bond acceptors (Lipinski definition) is 3. The molecule has 2 aromatic rings. The maximum Gasteiger partial charge on any atom is 0.145 e. The fraction of sp³-hybridized carbons (Fsp3) is 0.0714. The number of nitrogens with one attached hydrogen (secondary N) is 1. The molecule has 0 fully saturated rings. The van der Waals surface area contributed by atoms with Crippen LogP contribution in [0, 0.1) is 23.0 Å². The van der Waals surface area contributed by atoms with Gasteiger partial charge in [-0.25, -0.2) is 8.78 Å². The number of methoxy groups -OCH3 is 1. The Morgan fingerprint density at radius 1 is 1.05 bits per heavy atom. The molecule has 19 heavy (non-hydrogen) atoms. The minimum absolute atomic E-state index is 0.159. The summed E-state index contributed by atoms with van der Waals surface area (Å²) >= 11 is 0. The molecular formula is C14H10F2N2O. The van der Waals surface area contributed by atoms with Crippen molar-refractivity contribution in [2.75, 3.05) is 12.4 Å². The number of ether oxygens (including phenoxy) is 1. The fourth-order valence-electron chi connectivity index (χ4n) is 1.63. The Morgan fingerprint density at radius 2 is 1.68 bits per heavy atom. The minimum Gasteiger partial charge on any atom is -0.494 e. The summed E-state index contributed by atoms with van der Waals surface area (Å²) in [6, 6.07) is 9.66. The van der Waals surface area contributed by atoms with Crippen molar-refractivity contribution < 1.29 is 13.5 Å². The molecule has 0 aliphatic carbocycles. The summed E-state index contributed by atoms with van der Waals surface area (Å²) in [5.41, 5.74) is 1.08. The maximum atomic E-state index is 13.1. The molecule has 0 atom stereocenters. The van der Waals surface area contributed by atoms with Gasteiger partial charge < -0.3 is 10.1 Å². The van der Waals surface area contributed by atoms with E-state index in [9.17, 15) is 8.78 Å². The molecule has 3 nitrogen and oxygen atoms in total. The zero-order chi connectivity index (χ0) is 13.8. The molecule has 0 aromatic heterocycles. The Labute approximate surface area is 109 Å². The van der Waals surface area contributed by atoms with Crippen LogP contribution < -0.4 is 10.1 Å². The van der Waals surface area contributed by atoms with E-state index in [4.69, 9.17) is 10.00 Å². The minimum atomic E-state index is -0.492. The van der Waals surface area contributed by atoms with E-state index in [0.717, 1.165) is 6.07 Å². The van der Waals surface area contributed by atoms with E-state index in [1.807, 2.05) is 6.07 Å². The summed E-state index contributed by atoms with van der Waals surface area (Å²) in [6.45, 7) is 0. The van der Waals surface area contributed by atoms with Gasteiger partial charge in [0.25, 0.3) is 0 Å². The van der Waals surface area contributed by atoms with Crippen LogP contribution in [0.2, 0.25) is 0 Å². The van der Waals surface area contributed by atoms with Crippen molar-refractivity contribution in [3.8, 4) is 11.8 Å². The van der Waals surface area contributed by atoms with Crippen LogP contribution in [0.5, 0.6) is 5.75 Å². The number of nitrogens with zero attached hydrogens (tertiary/aromatic N) is 1. The second kappa shape index (κ2) is 5.36. The highest BCUT2D eigenvalue weighted by Gasteiger charge is 2.08. The van der Waals surface area contributed by atoms with E-state index in [1.54, 1.807) is 0 Å². The van der Waals surface area contributed by atoms with Crippen molar-refractivity contribution >= 4 is 11.4 Å². The van der Waals surface area contributed by atoms with Crippen LogP contribution in [0.3, 0.4) is 0 Å². The third-order valence-corrected chi connectivity index (χ3v) is 2.53. The predicted molar refractivity (Wildman–Crippen MR) is 67.3 cm³/mol. The molecule has 0 radical (unpaired) electrons. The molecular weight excluding hydrogens is 250 g/mol. The second-order valence-electron chi connectivity index (χ2n) is 3.77. The summed E-state index contributed by atoms with van der Waals surface area (Å²) in [6.07, 6.45) is 0. The molecule has 0 aliphatic heterocycles. The van der Waals surface area contributed by atoms with Crippen molar-refractivity contribution in [3.63, 3.8) is 0 Å². The van der Waals surface area contributed by atoms with Crippen LogP contribution in [0.15, 0.2) is 36.4 Å². The van der Waals surface area contributed by atoms with E-state index in [-0.39, 0.29) is 5.56 Å². The summed E-state index contributed by atoms with van der Waals surface area (Å²) in [7, 11) is 1.41. The molecule has 0 saturated carbocycles. The molecule has 0 spiro atoms. The van der Waals surface area contributed by atoms with Crippen molar-refractivity contribution in [1.29, 1.82) is 5.26 Å². The van der Waals surface area contributed by atoms with Gasteiger partial charge in [0.1, 0.15) is 23.5 Å². The number of nitriles is 1. The maximum absolute atomic E-state index is 13.1. The van der Waals surface area contributed by atoms with Crippen LogP contribution in [-0.2, 0) is 0 Å². The molecule has 0 amide bonds. The van der Waals surface area contributed by atoms with Crippen molar-refractivity contribution in [1.82, 2.24) is 0 Å². The molecule has 2 rings (SSSR count). The van der Waals surface area contributed by atoms with E-state index in [2.05, 4.69) is 5.32 Å². The molecule has 1 N–H and O–H groups in total. The third-order valence-electron chi connectivity index (χ3n) is 2.53. The average molecular weight is 260 g/mol. The van der Waals surface area contributed by atoms with Crippen LogP contribution in [-0.4, -0.2) is 7.11 Å². The lowest BCUT2D eigenvalue weighted by Crippen LogP contribution is -1.97. The molecule has 0 heterocycles. The van der Waals surface area contributed by atoms with Gasteiger partial charge in [0.2, 0.25) is 0 Å². The predicted octanol–water partition coefficient (Wildman–Crippen LogP) is 3.59. The number of hydrogen-bond donors (Lipinski definition) is 1. The SMILES string of the molecule is COc1cc(F)ccc1Nc1ccc(F)cc1C#N. The van der Waals surface area contributed by atoms with E-state index in [1.165, 1.54) is 37.4 Å². The highest BCUT2D eigenvalue weighted by Crippen LogP contribution is 2.29. The monoisotopic (exact) mass is 260 g/mol. The smallest absolute Gasteiger partial charge is 0.145 e. The van der Waals surface area contributed by atoms with Crippen molar-refractivity contribution in [3.05, 3.63) is 53.6 Å². The average Bonchev–Trinajstić information content (AvgIpc) is 2.42. The van der Waals surface area contributed by atoms with Crippen LogP contribution in [0.25, 0.3) is 0 Å². The first-order valence-corrected chi connectivity index (χ1v) is 5.44. The van der Waals surface area contributed by atoms with Gasteiger partial charge in [-0.1, -0.05) is 0 Å². The van der Waals surface area contributed by atoms with Gasteiger partial charge in [0.15, 0.2) is 0 Å². The van der Waals surface area contributed by atoms with Crippen molar-refractivity contribution in [2.24, 2.45) is 0 Å². The van der Waals surface area contributed by atoms with E-state index >= 15 is 0 Å². The van der Waals surface area contributed by atoms with Crippen LogP contribution in [0.1, 0.15) is 5.56 Å². The lowest BCUT2D eigenvalue weighted by molar-refractivity contribution is 0.413. The summed E-state index contributed by atoms with van der Waals surface area (Å²) < 4.78 is 31.1. The van der Waals surface area contributed by atoms with Gasteiger partial charge in [0, 0.05) is 6.07 Å². The summed E-state index contributed by atoms with van der Waals surface area (Å²) in [5, 5.41) is 11.9. The molecule has 0 unspecified atom stereocenters. The number of anilines is 2. The Hall–Kier alpha value is -2.61. The molecule has 0 aliphatic rings. The third kappa shape index (κ3) is 2.80. The Bertz CT molecular complexity index is 650. The number of halogens is 2. The number of rotatable bonds is 3. The molecule has 96 valence electrons. The Morgan fingerprint density at radius 3 is 2.32 bits per heavy atom. The van der Waals surface area contributed by atoms with Gasteiger partial charge in [0.05, 0.1) is 24.0 Å². The Balaban J connectivity index is 2.39. The summed E-state index contributed by atoms with van der Waals surface area (Å²) in [4.78, 5) is 0. The highest BCUT2D eigenvalue weighted by atomic mass is 19.1. The first kappa shape index (κ1) is 12.8. The van der Waals surface area contributed by atoms with Gasteiger partial charge in [-0.15, -0.1) is 0 Å². The lowest BCUT2D eigenvalue weighted by atomic mass is 10.1. The normalized spacial score (nSPS) is 9.79. The van der Waals surface area contributed by atoms with Crippen LogP contribution >= 0.6 is 0 Å². The molecule has 2 aromatic carbocycles. The molecule has 5 heteroatoms. The van der Waals surface area contributed by atoms with Gasteiger partial charge in [-0.05, 0) is 30.3 Å². The van der Waals surface area contributed by atoms with Crippen LogP contribution in [0.4, 0.5) is 20.2 Å². The van der Waals surface area contributed by atoms with E-state index in [0.29, 0.717) is 17.1 Å². The second-order valence-corrected chi connectivity index (χ2v) is 3.77. The largest absolute Gasteiger partial charge is 0.494 e. The highest BCUT2D eigenvalue weighted by molar-refractivity contribution is 5.70. The lowest BCUT2D eigenvalue weighted by Gasteiger charge is -2.12. The topological polar surface area (TPSA) is 45.0 Å². The fourth-order valence-corrected chi connectivity index (χ4v) is 1.63. The number of benzene rings is 2. The molecule has 0 bridgehead atoms. The Kier molecular flexibility index (Phi) is 3.62. The zero-order valence-electron chi connectivity index (χ0n) is 10.1. The first-order valence-electron chi connectivity index (χ1n) is 5.44. The first-order chi connectivity index (χ1) is 9.13. The summed E-state index contributed by atoms with van der Waals surface area (Å²) in [5.74, 6) is -0.622. The quantitative estimate of drug-likeness (QED) is 0.917. The van der Waals surface area contributed by atoms with Gasteiger partial charge >= 0.3 is 0 Å². The zero-order valence-corrected chi connectivity index (χ0v) is 10.1. The molecule has 0 saturated heterocycles. The standard InChI is InChI=1S/C14H10F2N2O/c1-19-14-7-11(16)3-5-13(14)18-12-4-2-10(15)6-9(12)8-17/h2-7,18H,1H3.